The molecule has 0 fully saturated rings. The Labute approximate surface area is 89.4 Å². The SMILES string of the molecule is O=c1cc([N+](=O)[O-])[nH]c(C(F)F)c1I. The molecule has 5 nitrogen and oxygen atoms in total. The number of H-pyrrole nitrogens is 1. The Kier molecular flexibility index (Phi) is 3.13. The second kappa shape index (κ2) is 3.98. The van der Waals surface area contributed by atoms with Gasteiger partial charge in [0.1, 0.15) is 3.57 Å². The fraction of sp³-hybridized carbons (Fsp3) is 0.167. The first-order valence-corrected chi connectivity index (χ1v) is 4.36. The molecule has 1 aromatic heterocycles. The molecule has 0 aromatic carbocycles. The van der Waals surface area contributed by atoms with E-state index in [1.54, 1.807) is 0 Å². The van der Waals surface area contributed by atoms with Crippen LogP contribution in [-0.4, -0.2) is 9.91 Å². The molecule has 0 saturated heterocycles. The maximum atomic E-state index is 12.3. The number of aromatic amines is 1. The van der Waals surface area contributed by atoms with Crippen molar-refractivity contribution in [2.24, 2.45) is 0 Å². The van der Waals surface area contributed by atoms with E-state index in [1.165, 1.54) is 22.6 Å². The Balaban J connectivity index is 3.43. The van der Waals surface area contributed by atoms with Crippen molar-refractivity contribution < 1.29 is 13.7 Å². The molecule has 1 aromatic rings. The number of hydrogen-bond acceptors (Lipinski definition) is 3. The molecule has 0 unspecified atom stereocenters. The molecule has 0 aliphatic heterocycles. The molecule has 1 N–H and O–H groups in total. The first kappa shape index (κ1) is 11.0. The molecule has 1 rings (SSSR count). The van der Waals surface area contributed by atoms with Gasteiger partial charge >= 0.3 is 5.82 Å². The molecule has 0 atom stereocenters. The van der Waals surface area contributed by atoms with Gasteiger partial charge in [-0.05, 0) is 27.5 Å². The summed E-state index contributed by atoms with van der Waals surface area (Å²) in [7, 11) is 0. The van der Waals surface area contributed by atoms with Crippen molar-refractivity contribution in [1.82, 2.24) is 4.98 Å². The van der Waals surface area contributed by atoms with E-state index in [2.05, 4.69) is 0 Å². The largest absolute Gasteiger partial charge is 0.358 e. The maximum Gasteiger partial charge on any atom is 0.325 e. The maximum absolute atomic E-state index is 12.3. The molecule has 0 bridgehead atoms. The van der Waals surface area contributed by atoms with E-state index >= 15 is 0 Å². The van der Waals surface area contributed by atoms with Gasteiger partial charge in [0.05, 0.1) is 6.07 Å². The zero-order valence-electron chi connectivity index (χ0n) is 6.46. The highest BCUT2D eigenvalue weighted by Crippen LogP contribution is 2.21. The smallest absolute Gasteiger partial charge is 0.325 e. The van der Waals surface area contributed by atoms with Gasteiger partial charge in [-0.3, -0.25) is 4.79 Å². The molecule has 0 spiro atoms. The standard InChI is InChI=1S/C6H3F2IN2O3/c7-6(8)5-4(9)2(12)1-3(10-5)11(13)14/h1,6H,(H,10,12). The Morgan fingerprint density at radius 3 is 2.57 bits per heavy atom. The predicted molar refractivity (Wildman–Crippen MR) is 51.4 cm³/mol. The third-order valence-corrected chi connectivity index (χ3v) is 2.51. The van der Waals surface area contributed by atoms with Gasteiger partial charge in [-0.2, -0.15) is 0 Å². The number of pyridine rings is 1. The highest BCUT2D eigenvalue weighted by molar-refractivity contribution is 14.1. The second-order valence-electron chi connectivity index (χ2n) is 2.30. The zero-order chi connectivity index (χ0) is 10.9. The number of aromatic nitrogens is 1. The molecular weight excluding hydrogens is 313 g/mol. The lowest BCUT2D eigenvalue weighted by Gasteiger charge is -2.00. The van der Waals surface area contributed by atoms with Gasteiger partial charge in [0.25, 0.3) is 6.43 Å². The van der Waals surface area contributed by atoms with Crippen LogP contribution < -0.4 is 5.43 Å². The third kappa shape index (κ3) is 2.05. The summed E-state index contributed by atoms with van der Waals surface area (Å²) in [5.41, 5.74) is -1.50. The minimum Gasteiger partial charge on any atom is -0.358 e. The molecule has 14 heavy (non-hydrogen) atoms. The minimum absolute atomic E-state index is 0.233. The van der Waals surface area contributed by atoms with Crippen LogP contribution in [-0.2, 0) is 0 Å². The van der Waals surface area contributed by atoms with E-state index in [1.807, 2.05) is 4.98 Å². The number of hydrogen-bond donors (Lipinski definition) is 1. The van der Waals surface area contributed by atoms with Crippen molar-refractivity contribution >= 4 is 28.4 Å². The van der Waals surface area contributed by atoms with Gasteiger partial charge in [-0.1, -0.05) is 0 Å². The lowest BCUT2D eigenvalue weighted by molar-refractivity contribution is -0.389. The van der Waals surface area contributed by atoms with E-state index in [4.69, 9.17) is 0 Å². The number of alkyl halides is 2. The van der Waals surface area contributed by atoms with E-state index in [-0.39, 0.29) is 3.57 Å². The summed E-state index contributed by atoms with van der Waals surface area (Å²) in [6.07, 6.45) is -2.94. The lowest BCUT2D eigenvalue weighted by Crippen LogP contribution is -2.12. The first-order chi connectivity index (χ1) is 6.43. The molecule has 0 aliphatic rings. The van der Waals surface area contributed by atoms with Gasteiger partial charge in [-0.15, -0.1) is 0 Å². The van der Waals surface area contributed by atoms with Crippen LogP contribution in [0.1, 0.15) is 12.1 Å². The van der Waals surface area contributed by atoms with E-state index in [9.17, 15) is 23.7 Å². The first-order valence-electron chi connectivity index (χ1n) is 3.28. The van der Waals surface area contributed by atoms with Gasteiger partial charge in [0, 0.05) is 0 Å². The van der Waals surface area contributed by atoms with Gasteiger partial charge in [-0.25, -0.2) is 13.8 Å². The Morgan fingerprint density at radius 2 is 2.14 bits per heavy atom. The van der Waals surface area contributed by atoms with Crippen LogP contribution >= 0.6 is 22.6 Å². The topological polar surface area (TPSA) is 76.0 Å². The molecule has 0 aliphatic carbocycles. The Morgan fingerprint density at radius 1 is 1.57 bits per heavy atom. The van der Waals surface area contributed by atoms with Crippen molar-refractivity contribution in [3.63, 3.8) is 0 Å². The Hall–Kier alpha value is -1.06. The van der Waals surface area contributed by atoms with Crippen molar-refractivity contribution in [1.29, 1.82) is 0 Å². The van der Waals surface area contributed by atoms with Crippen molar-refractivity contribution in [3.8, 4) is 0 Å². The van der Waals surface area contributed by atoms with Crippen LogP contribution in [0.25, 0.3) is 0 Å². The third-order valence-electron chi connectivity index (χ3n) is 1.40. The summed E-state index contributed by atoms with van der Waals surface area (Å²) >= 11 is 1.41. The molecule has 8 heteroatoms. The van der Waals surface area contributed by atoms with Crippen LogP contribution in [0.4, 0.5) is 14.6 Å². The molecule has 1 heterocycles. The summed E-state index contributed by atoms with van der Waals surface area (Å²) in [5, 5.41) is 10.2. The number of nitro groups is 1. The van der Waals surface area contributed by atoms with Crippen LogP contribution in [0.5, 0.6) is 0 Å². The summed E-state index contributed by atoms with van der Waals surface area (Å²) in [6, 6.07) is 0.674. The monoisotopic (exact) mass is 316 g/mol. The normalized spacial score (nSPS) is 10.6. The summed E-state index contributed by atoms with van der Waals surface area (Å²) in [6.45, 7) is 0. The highest BCUT2D eigenvalue weighted by Gasteiger charge is 2.21. The predicted octanol–water partition coefficient (Wildman–Crippen LogP) is 1.83. The summed E-state index contributed by atoms with van der Waals surface area (Å²) < 4.78 is 24.3. The fourth-order valence-electron chi connectivity index (χ4n) is 0.798. The van der Waals surface area contributed by atoms with E-state index in [0.29, 0.717) is 6.07 Å². The van der Waals surface area contributed by atoms with Crippen LogP contribution in [0.15, 0.2) is 10.9 Å². The number of nitrogens with one attached hydrogen (secondary N) is 1. The molecule has 0 amide bonds. The average Bonchev–Trinajstić information content (AvgIpc) is 2.08. The van der Waals surface area contributed by atoms with E-state index < -0.39 is 28.3 Å². The quantitative estimate of drug-likeness (QED) is 0.514. The summed E-state index contributed by atoms with van der Waals surface area (Å²) in [5.74, 6) is -0.731. The van der Waals surface area contributed by atoms with Crippen molar-refractivity contribution in [2.75, 3.05) is 0 Å². The molecule has 0 radical (unpaired) electrons. The van der Waals surface area contributed by atoms with Crippen molar-refractivity contribution in [3.05, 3.63) is 35.7 Å². The molecule has 76 valence electrons. The Bertz CT molecular complexity index is 432. The second-order valence-corrected chi connectivity index (χ2v) is 3.38. The van der Waals surface area contributed by atoms with Gasteiger partial charge in [0.2, 0.25) is 5.43 Å². The van der Waals surface area contributed by atoms with Crippen LogP contribution in [0.3, 0.4) is 0 Å². The highest BCUT2D eigenvalue weighted by atomic mass is 127. The van der Waals surface area contributed by atoms with Crippen molar-refractivity contribution in [2.45, 2.75) is 6.43 Å². The lowest BCUT2D eigenvalue weighted by atomic mass is 10.3. The number of nitrogens with zero attached hydrogens (tertiary/aromatic N) is 1. The molecular formula is C6H3F2IN2O3. The number of rotatable bonds is 2. The van der Waals surface area contributed by atoms with Crippen LogP contribution in [0.2, 0.25) is 0 Å². The van der Waals surface area contributed by atoms with Gasteiger partial charge < -0.3 is 10.1 Å². The minimum atomic E-state index is -2.94. The van der Waals surface area contributed by atoms with Crippen LogP contribution in [0, 0.1) is 13.7 Å². The fourth-order valence-corrected chi connectivity index (χ4v) is 1.32. The average molecular weight is 316 g/mol. The van der Waals surface area contributed by atoms with Gasteiger partial charge in [0.15, 0.2) is 5.69 Å². The summed E-state index contributed by atoms with van der Waals surface area (Å²) in [4.78, 5) is 22.2. The number of halogens is 3. The molecule has 0 saturated carbocycles. The zero-order valence-corrected chi connectivity index (χ0v) is 8.62. The van der Waals surface area contributed by atoms with E-state index in [0.717, 1.165) is 0 Å².